The zero-order valence-corrected chi connectivity index (χ0v) is 18.8. The maximum atomic E-state index is 12.6. The van der Waals surface area contributed by atoms with E-state index in [4.69, 9.17) is 5.73 Å². The second-order valence-corrected chi connectivity index (χ2v) is 7.20. The third kappa shape index (κ3) is 6.90. The van der Waals surface area contributed by atoms with E-state index in [-0.39, 0.29) is 42.5 Å². The molecule has 3 rings (SSSR count). The third-order valence-electron chi connectivity index (χ3n) is 5.13. The molecule has 30 heavy (non-hydrogen) atoms. The number of carbonyl (C=O) groups is 2. The summed E-state index contributed by atoms with van der Waals surface area (Å²) in [5.41, 5.74) is 8.38. The second kappa shape index (κ2) is 12.4. The van der Waals surface area contributed by atoms with E-state index in [1.165, 1.54) is 5.69 Å². The molecule has 1 atom stereocenters. The number of nitrogens with one attached hydrogen (secondary N) is 1. The number of carbonyl (C=O) groups excluding carboxylic acids is 2. The molecule has 1 saturated heterocycles. The van der Waals surface area contributed by atoms with Crippen LogP contribution < -0.4 is 16.0 Å². The van der Waals surface area contributed by atoms with Crippen molar-refractivity contribution in [2.24, 2.45) is 11.7 Å². The van der Waals surface area contributed by atoms with Crippen molar-refractivity contribution in [3.05, 3.63) is 60.2 Å². The summed E-state index contributed by atoms with van der Waals surface area (Å²) in [6, 6.07) is 17.7. The van der Waals surface area contributed by atoms with Crippen molar-refractivity contribution in [2.75, 3.05) is 42.9 Å². The molecule has 8 heteroatoms. The highest BCUT2D eigenvalue weighted by Gasteiger charge is 2.21. The van der Waals surface area contributed by atoms with E-state index < -0.39 is 0 Å². The number of halogens is 2. The van der Waals surface area contributed by atoms with Crippen molar-refractivity contribution in [2.45, 2.75) is 13.3 Å². The molecule has 164 valence electrons. The van der Waals surface area contributed by atoms with Crippen molar-refractivity contribution < 1.29 is 9.59 Å². The number of para-hydroxylation sites is 1. The van der Waals surface area contributed by atoms with Crippen LogP contribution in [0.25, 0.3) is 0 Å². The summed E-state index contributed by atoms with van der Waals surface area (Å²) in [7, 11) is 0. The number of anilines is 2. The van der Waals surface area contributed by atoms with Gasteiger partial charge in [0.25, 0.3) is 0 Å². The van der Waals surface area contributed by atoms with E-state index in [0.717, 1.165) is 37.4 Å². The summed E-state index contributed by atoms with van der Waals surface area (Å²) in [6.45, 7) is 5.27. The molecule has 0 saturated carbocycles. The Kier molecular flexibility index (Phi) is 10.7. The van der Waals surface area contributed by atoms with Crippen LogP contribution in [0, 0.1) is 5.92 Å². The molecular weight excluding hydrogens is 423 g/mol. The standard InChI is InChI=1S/C22H28N4O2.2ClH/c1-17(16-23)22(28)24-19-9-7-18(8-10-19)15-21(27)26-13-11-25(12-14-26)20-5-3-2-4-6-20;;/h2-10,17H,11-16,23H2,1H3,(H,24,28);2*1H. The Morgan fingerprint density at radius 3 is 2.13 bits per heavy atom. The SMILES string of the molecule is CC(CN)C(=O)Nc1ccc(CC(=O)N2CCN(c3ccccc3)CC2)cc1.Cl.Cl. The van der Waals surface area contributed by atoms with E-state index in [1.54, 1.807) is 6.92 Å². The molecule has 1 unspecified atom stereocenters. The fourth-order valence-corrected chi connectivity index (χ4v) is 3.22. The largest absolute Gasteiger partial charge is 0.368 e. The van der Waals surface area contributed by atoms with E-state index in [1.807, 2.05) is 47.4 Å². The molecule has 1 aliphatic heterocycles. The number of benzene rings is 2. The summed E-state index contributed by atoms with van der Waals surface area (Å²) in [4.78, 5) is 28.7. The monoisotopic (exact) mass is 452 g/mol. The van der Waals surface area contributed by atoms with Crippen molar-refractivity contribution in [1.82, 2.24) is 4.90 Å². The first-order valence-corrected chi connectivity index (χ1v) is 9.74. The summed E-state index contributed by atoms with van der Waals surface area (Å²) in [6.07, 6.45) is 0.374. The predicted octanol–water partition coefficient (Wildman–Crippen LogP) is 2.95. The Morgan fingerprint density at radius 1 is 0.967 bits per heavy atom. The van der Waals surface area contributed by atoms with Crippen molar-refractivity contribution in [3.8, 4) is 0 Å². The molecule has 2 aromatic carbocycles. The van der Waals surface area contributed by atoms with Gasteiger partial charge in [-0.05, 0) is 29.8 Å². The molecular formula is C22H30Cl2N4O2. The van der Waals surface area contributed by atoms with Crippen molar-refractivity contribution in [3.63, 3.8) is 0 Å². The number of amides is 2. The molecule has 0 aromatic heterocycles. The fraction of sp³-hybridized carbons (Fsp3) is 0.364. The quantitative estimate of drug-likeness (QED) is 0.705. The Hall–Kier alpha value is -2.28. The smallest absolute Gasteiger partial charge is 0.228 e. The molecule has 6 nitrogen and oxygen atoms in total. The topological polar surface area (TPSA) is 78.7 Å². The first kappa shape index (κ1) is 25.8. The van der Waals surface area contributed by atoms with Gasteiger partial charge in [0, 0.05) is 50.0 Å². The van der Waals surface area contributed by atoms with Gasteiger partial charge < -0.3 is 20.9 Å². The summed E-state index contributed by atoms with van der Waals surface area (Å²) < 4.78 is 0. The molecule has 1 fully saturated rings. The second-order valence-electron chi connectivity index (χ2n) is 7.20. The molecule has 0 spiro atoms. The maximum absolute atomic E-state index is 12.6. The number of nitrogens with two attached hydrogens (primary N) is 1. The van der Waals surface area contributed by atoms with Crippen LogP contribution in [-0.4, -0.2) is 49.4 Å². The number of nitrogens with zero attached hydrogens (tertiary/aromatic N) is 2. The molecule has 1 heterocycles. The van der Waals surface area contributed by atoms with Gasteiger partial charge in [0.15, 0.2) is 0 Å². The Bertz CT molecular complexity index is 795. The highest BCUT2D eigenvalue weighted by molar-refractivity contribution is 5.92. The number of rotatable bonds is 6. The Balaban J connectivity index is 0.00000225. The summed E-state index contributed by atoms with van der Waals surface area (Å²) in [5.74, 6) is -0.181. The minimum absolute atomic E-state index is 0. The van der Waals surface area contributed by atoms with Gasteiger partial charge in [-0.2, -0.15) is 0 Å². The van der Waals surface area contributed by atoms with Crippen molar-refractivity contribution in [1.29, 1.82) is 0 Å². The van der Waals surface area contributed by atoms with Gasteiger partial charge in [-0.3, -0.25) is 9.59 Å². The lowest BCUT2D eigenvalue weighted by atomic mass is 10.1. The van der Waals surface area contributed by atoms with Crippen LogP contribution in [-0.2, 0) is 16.0 Å². The zero-order valence-electron chi connectivity index (χ0n) is 17.1. The van der Waals surface area contributed by atoms with Gasteiger partial charge in [-0.1, -0.05) is 37.3 Å². The Labute approximate surface area is 190 Å². The minimum atomic E-state index is -0.226. The lowest BCUT2D eigenvalue weighted by Crippen LogP contribution is -2.49. The lowest BCUT2D eigenvalue weighted by molar-refractivity contribution is -0.130. The summed E-state index contributed by atoms with van der Waals surface area (Å²) in [5, 5.41) is 2.84. The maximum Gasteiger partial charge on any atom is 0.228 e. The highest BCUT2D eigenvalue weighted by atomic mass is 35.5. The third-order valence-corrected chi connectivity index (χ3v) is 5.13. The van der Waals surface area contributed by atoms with Crippen LogP contribution in [0.5, 0.6) is 0 Å². The molecule has 0 bridgehead atoms. The van der Waals surface area contributed by atoms with Crippen LogP contribution >= 0.6 is 24.8 Å². The van der Waals surface area contributed by atoms with Crippen LogP contribution in [0.3, 0.4) is 0 Å². The normalized spacial score (nSPS) is 14.2. The van der Waals surface area contributed by atoms with Gasteiger partial charge in [-0.15, -0.1) is 24.8 Å². The van der Waals surface area contributed by atoms with E-state index in [9.17, 15) is 9.59 Å². The van der Waals surface area contributed by atoms with Crippen LogP contribution in [0.2, 0.25) is 0 Å². The number of hydrogen-bond donors (Lipinski definition) is 2. The van der Waals surface area contributed by atoms with Gasteiger partial charge in [-0.25, -0.2) is 0 Å². The van der Waals surface area contributed by atoms with E-state index in [0.29, 0.717) is 13.0 Å². The molecule has 3 N–H and O–H groups in total. The lowest BCUT2D eigenvalue weighted by Gasteiger charge is -2.36. The van der Waals surface area contributed by atoms with Gasteiger partial charge in [0.2, 0.25) is 11.8 Å². The molecule has 2 aromatic rings. The minimum Gasteiger partial charge on any atom is -0.368 e. The van der Waals surface area contributed by atoms with Crippen LogP contribution in [0.15, 0.2) is 54.6 Å². The van der Waals surface area contributed by atoms with Crippen LogP contribution in [0.1, 0.15) is 12.5 Å². The first-order chi connectivity index (χ1) is 13.6. The molecule has 1 aliphatic rings. The molecule has 0 aliphatic carbocycles. The summed E-state index contributed by atoms with van der Waals surface area (Å²) >= 11 is 0. The first-order valence-electron chi connectivity index (χ1n) is 9.74. The van der Waals surface area contributed by atoms with E-state index in [2.05, 4.69) is 22.3 Å². The van der Waals surface area contributed by atoms with Gasteiger partial charge in [0.05, 0.1) is 6.42 Å². The number of piperazine rings is 1. The van der Waals surface area contributed by atoms with Gasteiger partial charge in [0.1, 0.15) is 0 Å². The average Bonchev–Trinajstić information content (AvgIpc) is 2.75. The molecule has 0 radical (unpaired) electrons. The average molecular weight is 453 g/mol. The highest BCUT2D eigenvalue weighted by Crippen LogP contribution is 2.17. The molecule has 2 amide bonds. The number of hydrogen-bond acceptors (Lipinski definition) is 4. The van der Waals surface area contributed by atoms with E-state index >= 15 is 0 Å². The van der Waals surface area contributed by atoms with Gasteiger partial charge >= 0.3 is 0 Å². The fourth-order valence-electron chi connectivity index (χ4n) is 3.22. The Morgan fingerprint density at radius 2 is 1.57 bits per heavy atom. The predicted molar refractivity (Wildman–Crippen MR) is 127 cm³/mol. The van der Waals surface area contributed by atoms with Crippen LogP contribution in [0.4, 0.5) is 11.4 Å². The zero-order chi connectivity index (χ0) is 19.9. The van der Waals surface area contributed by atoms with Crippen molar-refractivity contribution >= 4 is 48.0 Å².